The summed E-state index contributed by atoms with van der Waals surface area (Å²) >= 11 is 1.33. The summed E-state index contributed by atoms with van der Waals surface area (Å²) in [4.78, 5) is 16.7. The van der Waals surface area contributed by atoms with E-state index in [2.05, 4.69) is 15.5 Å². The molecule has 1 aromatic heterocycles. The molecule has 0 aliphatic heterocycles. The van der Waals surface area contributed by atoms with Crippen molar-refractivity contribution in [2.45, 2.75) is 6.61 Å². The van der Waals surface area contributed by atoms with E-state index in [0.717, 1.165) is 15.8 Å². The zero-order valence-electron chi connectivity index (χ0n) is 16.7. The molecule has 0 saturated heterocycles. The first kappa shape index (κ1) is 20.4. The van der Waals surface area contributed by atoms with Crippen molar-refractivity contribution in [2.24, 2.45) is 5.10 Å². The third-order valence-corrected chi connectivity index (χ3v) is 5.34. The molecule has 0 saturated carbocycles. The van der Waals surface area contributed by atoms with Crippen molar-refractivity contribution >= 4 is 38.8 Å². The molecule has 156 valence electrons. The molecule has 0 atom stereocenters. The molecule has 0 spiro atoms. The van der Waals surface area contributed by atoms with Gasteiger partial charge in [0.05, 0.1) is 23.5 Å². The molecule has 7 nitrogen and oxygen atoms in total. The highest BCUT2D eigenvalue weighted by Crippen LogP contribution is 2.31. The van der Waals surface area contributed by atoms with Crippen molar-refractivity contribution in [3.8, 4) is 11.5 Å². The first-order valence-electron chi connectivity index (χ1n) is 9.47. The number of nitrogens with one attached hydrogen (secondary N) is 1. The van der Waals surface area contributed by atoms with Crippen LogP contribution in [0.4, 0.5) is 5.13 Å². The number of rotatable bonds is 7. The molecule has 8 heteroatoms. The van der Waals surface area contributed by atoms with Crippen LogP contribution in [0.25, 0.3) is 10.2 Å². The van der Waals surface area contributed by atoms with E-state index in [1.165, 1.54) is 17.6 Å². The number of aromatic nitrogens is 1. The molecule has 0 unspecified atom stereocenters. The highest BCUT2D eigenvalue weighted by Gasteiger charge is 2.11. The SMILES string of the molecule is COc1cccc(/C=N\NC(=O)c2ccc3nc(N)sc3c2)c1OCc1ccccc1. The normalized spacial score (nSPS) is 11.0. The maximum absolute atomic E-state index is 12.5. The Labute approximate surface area is 183 Å². The molecule has 3 aromatic carbocycles. The number of carbonyl (C=O) groups excluding carboxylic acids is 1. The Bertz CT molecular complexity index is 1240. The summed E-state index contributed by atoms with van der Waals surface area (Å²) in [6.07, 6.45) is 1.53. The molecule has 0 radical (unpaired) electrons. The first-order chi connectivity index (χ1) is 15.1. The van der Waals surface area contributed by atoms with E-state index >= 15 is 0 Å². The number of benzene rings is 3. The van der Waals surface area contributed by atoms with Crippen LogP contribution in [0.2, 0.25) is 0 Å². The van der Waals surface area contributed by atoms with Crippen molar-refractivity contribution in [3.05, 3.63) is 83.4 Å². The number of hydrazone groups is 1. The van der Waals surface area contributed by atoms with Gasteiger partial charge in [-0.3, -0.25) is 4.79 Å². The number of fused-ring (bicyclic) bond motifs is 1. The standard InChI is InChI=1S/C23H20N4O3S/c1-29-19-9-5-8-17(21(19)30-14-15-6-3-2-4-7-15)13-25-27-22(28)16-10-11-18-20(12-16)31-23(24)26-18/h2-13H,14H2,1H3,(H2,24,26)(H,27,28)/b25-13-. The number of hydrogen-bond acceptors (Lipinski definition) is 7. The topological polar surface area (TPSA) is 98.8 Å². The van der Waals surface area contributed by atoms with E-state index in [4.69, 9.17) is 15.2 Å². The predicted molar refractivity (Wildman–Crippen MR) is 123 cm³/mol. The fourth-order valence-corrected chi connectivity index (χ4v) is 3.76. The first-order valence-corrected chi connectivity index (χ1v) is 10.3. The smallest absolute Gasteiger partial charge is 0.271 e. The fourth-order valence-electron chi connectivity index (χ4n) is 2.99. The highest BCUT2D eigenvalue weighted by atomic mass is 32.1. The second-order valence-corrected chi connectivity index (χ2v) is 7.65. The molecule has 3 N–H and O–H groups in total. The van der Waals surface area contributed by atoms with Gasteiger partial charge >= 0.3 is 0 Å². The Morgan fingerprint density at radius 3 is 2.81 bits per heavy atom. The molecule has 31 heavy (non-hydrogen) atoms. The van der Waals surface area contributed by atoms with Gasteiger partial charge in [-0.15, -0.1) is 0 Å². The van der Waals surface area contributed by atoms with Gasteiger partial charge in [-0.05, 0) is 35.9 Å². The molecule has 0 fully saturated rings. The van der Waals surface area contributed by atoms with Gasteiger partial charge in [-0.2, -0.15) is 5.10 Å². The molecular formula is C23H20N4O3S. The molecule has 4 rings (SSSR count). The zero-order valence-corrected chi connectivity index (χ0v) is 17.6. The largest absolute Gasteiger partial charge is 0.493 e. The van der Waals surface area contributed by atoms with Gasteiger partial charge in [0.1, 0.15) is 6.61 Å². The number of anilines is 1. The van der Waals surface area contributed by atoms with Crippen molar-refractivity contribution in [3.63, 3.8) is 0 Å². The third kappa shape index (κ3) is 4.81. The number of nitrogen functional groups attached to an aromatic ring is 1. The van der Waals surface area contributed by atoms with Crippen molar-refractivity contribution in [1.29, 1.82) is 0 Å². The molecular weight excluding hydrogens is 412 g/mol. The maximum Gasteiger partial charge on any atom is 0.271 e. The lowest BCUT2D eigenvalue weighted by molar-refractivity contribution is 0.0955. The summed E-state index contributed by atoms with van der Waals surface area (Å²) in [6.45, 7) is 0.381. The van der Waals surface area contributed by atoms with Crippen LogP contribution < -0.4 is 20.6 Å². The highest BCUT2D eigenvalue weighted by molar-refractivity contribution is 7.22. The number of methoxy groups -OCH3 is 1. The van der Waals surface area contributed by atoms with E-state index in [1.54, 1.807) is 25.3 Å². The minimum atomic E-state index is -0.334. The number of thiazole rings is 1. The van der Waals surface area contributed by atoms with Crippen LogP contribution in [-0.4, -0.2) is 24.2 Å². The number of nitrogens with zero attached hydrogens (tertiary/aromatic N) is 2. The van der Waals surface area contributed by atoms with Gasteiger partial charge in [0.25, 0.3) is 5.91 Å². The van der Waals surface area contributed by atoms with E-state index < -0.39 is 0 Å². The van der Waals surface area contributed by atoms with Crippen LogP contribution in [0.5, 0.6) is 11.5 Å². The summed E-state index contributed by atoms with van der Waals surface area (Å²) in [6, 6.07) is 20.5. The lowest BCUT2D eigenvalue weighted by atomic mass is 10.2. The van der Waals surface area contributed by atoms with Gasteiger partial charge < -0.3 is 15.2 Å². The van der Waals surface area contributed by atoms with Gasteiger partial charge in [0, 0.05) is 11.1 Å². The van der Waals surface area contributed by atoms with Gasteiger partial charge in [-0.1, -0.05) is 47.7 Å². The van der Waals surface area contributed by atoms with Crippen LogP contribution in [0.1, 0.15) is 21.5 Å². The van der Waals surface area contributed by atoms with Crippen LogP contribution in [0.15, 0.2) is 71.8 Å². The Morgan fingerprint density at radius 2 is 2.00 bits per heavy atom. The summed E-state index contributed by atoms with van der Waals surface area (Å²) in [5.41, 5.74) is 11.2. The number of hydrogen-bond donors (Lipinski definition) is 2. The van der Waals surface area contributed by atoms with E-state index in [9.17, 15) is 4.79 Å². The van der Waals surface area contributed by atoms with E-state index in [1.807, 2.05) is 48.5 Å². The van der Waals surface area contributed by atoms with Crippen LogP contribution in [-0.2, 0) is 6.61 Å². The lowest BCUT2D eigenvalue weighted by Crippen LogP contribution is -2.17. The monoisotopic (exact) mass is 432 g/mol. The predicted octanol–water partition coefficient (Wildman–Crippen LogP) is 4.23. The lowest BCUT2D eigenvalue weighted by Gasteiger charge is -2.13. The minimum absolute atomic E-state index is 0.334. The van der Waals surface area contributed by atoms with Gasteiger partial charge in [-0.25, -0.2) is 10.4 Å². The maximum atomic E-state index is 12.5. The van der Waals surface area contributed by atoms with Crippen LogP contribution in [0, 0.1) is 0 Å². The Balaban J connectivity index is 1.49. The summed E-state index contributed by atoms with van der Waals surface area (Å²) in [5.74, 6) is 0.799. The van der Waals surface area contributed by atoms with E-state index in [0.29, 0.717) is 34.4 Å². The quantitative estimate of drug-likeness (QED) is 0.336. The zero-order chi connectivity index (χ0) is 21.6. The number of para-hydroxylation sites is 1. The van der Waals surface area contributed by atoms with Crippen LogP contribution in [0.3, 0.4) is 0 Å². The van der Waals surface area contributed by atoms with Crippen LogP contribution >= 0.6 is 11.3 Å². The van der Waals surface area contributed by atoms with Crippen molar-refractivity contribution < 1.29 is 14.3 Å². The number of carbonyl (C=O) groups is 1. The Kier molecular flexibility index (Phi) is 6.09. The fraction of sp³-hybridized carbons (Fsp3) is 0.0870. The second kappa shape index (κ2) is 9.27. The summed E-state index contributed by atoms with van der Waals surface area (Å²) < 4.78 is 12.3. The molecule has 0 bridgehead atoms. The molecule has 1 heterocycles. The number of amides is 1. The van der Waals surface area contributed by atoms with Gasteiger partial charge in [0.2, 0.25) is 0 Å². The van der Waals surface area contributed by atoms with E-state index in [-0.39, 0.29) is 5.91 Å². The van der Waals surface area contributed by atoms with Gasteiger partial charge in [0.15, 0.2) is 16.6 Å². The Morgan fingerprint density at radius 1 is 1.16 bits per heavy atom. The Hall–Kier alpha value is -3.91. The average molecular weight is 433 g/mol. The average Bonchev–Trinajstić information content (AvgIpc) is 3.17. The number of nitrogens with two attached hydrogens (primary N) is 1. The molecule has 0 aliphatic rings. The minimum Gasteiger partial charge on any atom is -0.493 e. The second-order valence-electron chi connectivity index (χ2n) is 6.59. The number of ether oxygens (including phenoxy) is 2. The molecule has 4 aromatic rings. The summed E-state index contributed by atoms with van der Waals surface area (Å²) in [7, 11) is 1.58. The van der Waals surface area contributed by atoms with Crippen molar-refractivity contribution in [2.75, 3.05) is 12.8 Å². The molecule has 0 aliphatic carbocycles. The van der Waals surface area contributed by atoms with Crippen molar-refractivity contribution in [1.82, 2.24) is 10.4 Å². The third-order valence-electron chi connectivity index (χ3n) is 4.49. The summed E-state index contributed by atoms with van der Waals surface area (Å²) in [5, 5.41) is 4.56. The molecule has 1 amide bonds.